The van der Waals surface area contributed by atoms with Crippen molar-refractivity contribution in [1.82, 2.24) is 20.2 Å². The molecule has 0 saturated heterocycles. The van der Waals surface area contributed by atoms with Crippen LogP contribution in [-0.2, 0) is 6.54 Å². The molecular formula is C6H11N4S. The molecule has 0 saturated carbocycles. The predicted molar refractivity (Wildman–Crippen MR) is 43.2 cm³/mol. The van der Waals surface area contributed by atoms with Crippen molar-refractivity contribution in [3.63, 3.8) is 0 Å². The van der Waals surface area contributed by atoms with Gasteiger partial charge in [0.2, 0.25) is 5.16 Å². The summed E-state index contributed by atoms with van der Waals surface area (Å²) in [6.45, 7) is 3.01. The Labute approximate surface area is 71.4 Å². The van der Waals surface area contributed by atoms with Crippen molar-refractivity contribution in [3.8, 4) is 0 Å². The fourth-order valence-electron chi connectivity index (χ4n) is 0.848. The summed E-state index contributed by atoms with van der Waals surface area (Å²) >= 11 is 4.86. The molecule has 0 fully saturated rings. The lowest BCUT2D eigenvalue weighted by atomic mass is 10.2. The van der Waals surface area contributed by atoms with Crippen LogP contribution in [0.2, 0.25) is 0 Å². The first-order valence-corrected chi connectivity index (χ1v) is 4.18. The molecule has 4 nitrogen and oxygen atoms in total. The number of tetrazole rings is 1. The lowest BCUT2D eigenvalue weighted by Gasteiger charge is -1.97. The average molecular weight is 171 g/mol. The highest BCUT2D eigenvalue weighted by atomic mass is 32.1. The molecule has 0 atom stereocenters. The van der Waals surface area contributed by atoms with Crippen LogP contribution in [0.15, 0.2) is 5.16 Å². The molecule has 0 aliphatic rings. The fourth-order valence-corrected chi connectivity index (χ4v) is 1.01. The van der Waals surface area contributed by atoms with Gasteiger partial charge in [-0.25, -0.2) is 4.68 Å². The van der Waals surface area contributed by atoms with Crippen molar-refractivity contribution in [1.29, 1.82) is 0 Å². The van der Waals surface area contributed by atoms with E-state index in [2.05, 4.69) is 22.4 Å². The minimum atomic E-state index is 0.487. The van der Waals surface area contributed by atoms with Gasteiger partial charge in [0.05, 0.1) is 0 Å². The number of aromatic nitrogens is 4. The average Bonchev–Trinajstić information content (AvgIpc) is 2.37. The number of nitrogens with zero attached hydrogens (tertiary/aromatic N) is 4. The molecule has 5 heteroatoms. The van der Waals surface area contributed by atoms with Gasteiger partial charge in [-0.1, -0.05) is 24.9 Å². The molecule has 0 spiro atoms. The number of rotatable bonds is 4. The zero-order valence-electron chi connectivity index (χ0n) is 6.53. The molecule has 0 aromatic carbocycles. The molecule has 1 rings (SSSR count). The van der Waals surface area contributed by atoms with E-state index < -0.39 is 0 Å². The van der Waals surface area contributed by atoms with Crippen LogP contribution in [0.1, 0.15) is 26.2 Å². The lowest BCUT2D eigenvalue weighted by Crippen LogP contribution is -2.00. The van der Waals surface area contributed by atoms with Crippen LogP contribution >= 0.6 is 12.6 Å². The van der Waals surface area contributed by atoms with E-state index in [-0.39, 0.29) is 0 Å². The maximum Gasteiger partial charge on any atom is 0.240 e. The highest BCUT2D eigenvalue weighted by Crippen LogP contribution is 2.01. The highest BCUT2D eigenvalue weighted by molar-refractivity contribution is 7.80. The van der Waals surface area contributed by atoms with Crippen molar-refractivity contribution in [3.05, 3.63) is 0 Å². The second-order valence-electron chi connectivity index (χ2n) is 2.39. The summed E-state index contributed by atoms with van der Waals surface area (Å²) < 4.78 is 1.66. The summed E-state index contributed by atoms with van der Waals surface area (Å²) in [5.41, 5.74) is 0. The van der Waals surface area contributed by atoms with Gasteiger partial charge >= 0.3 is 0 Å². The van der Waals surface area contributed by atoms with E-state index in [0.29, 0.717) is 5.16 Å². The topological polar surface area (TPSA) is 43.6 Å². The minimum Gasteiger partial charge on any atom is -0.217 e. The van der Waals surface area contributed by atoms with Crippen molar-refractivity contribution >= 4 is 12.6 Å². The summed E-state index contributed by atoms with van der Waals surface area (Å²) in [6, 6.07) is 0. The number of hydrogen-bond donors (Lipinski definition) is 0. The Bertz CT molecular complexity index is 210. The molecule has 61 valence electrons. The maximum absolute atomic E-state index is 4.86. The minimum absolute atomic E-state index is 0.487. The Morgan fingerprint density at radius 2 is 2.27 bits per heavy atom. The molecule has 0 aliphatic carbocycles. The van der Waals surface area contributed by atoms with E-state index in [1.807, 2.05) is 0 Å². The first kappa shape index (κ1) is 8.39. The summed E-state index contributed by atoms with van der Waals surface area (Å²) in [4.78, 5) is 0. The molecule has 1 aromatic rings. The second kappa shape index (κ2) is 4.23. The van der Waals surface area contributed by atoms with E-state index in [1.165, 1.54) is 12.8 Å². The van der Waals surface area contributed by atoms with Crippen LogP contribution in [0.3, 0.4) is 0 Å². The van der Waals surface area contributed by atoms with Crippen LogP contribution in [0.5, 0.6) is 0 Å². The first-order chi connectivity index (χ1) is 5.34. The Kier molecular flexibility index (Phi) is 3.22. The van der Waals surface area contributed by atoms with Gasteiger partial charge in [-0.3, -0.25) is 0 Å². The van der Waals surface area contributed by atoms with E-state index in [1.54, 1.807) is 4.68 Å². The standard InChI is InChI=1S/C6H11N4S/c1-2-3-4-5-10-6(11)7-8-9-10/h2-5H2,1H3. The molecule has 0 amide bonds. The Morgan fingerprint density at radius 1 is 1.45 bits per heavy atom. The van der Waals surface area contributed by atoms with Gasteiger partial charge in [-0.05, 0) is 29.5 Å². The summed E-state index contributed by atoms with van der Waals surface area (Å²) in [6.07, 6.45) is 3.51. The molecule has 0 N–H and O–H groups in total. The summed E-state index contributed by atoms with van der Waals surface area (Å²) in [5, 5.41) is 11.3. The van der Waals surface area contributed by atoms with E-state index in [9.17, 15) is 0 Å². The van der Waals surface area contributed by atoms with Crippen LogP contribution in [-0.4, -0.2) is 20.2 Å². The van der Waals surface area contributed by atoms with Gasteiger partial charge < -0.3 is 0 Å². The van der Waals surface area contributed by atoms with E-state index >= 15 is 0 Å². The smallest absolute Gasteiger partial charge is 0.217 e. The van der Waals surface area contributed by atoms with E-state index in [4.69, 9.17) is 12.6 Å². The zero-order chi connectivity index (χ0) is 8.10. The molecule has 0 unspecified atom stereocenters. The fraction of sp³-hybridized carbons (Fsp3) is 0.833. The third kappa shape index (κ3) is 2.42. The van der Waals surface area contributed by atoms with Crippen molar-refractivity contribution in [2.45, 2.75) is 37.9 Å². The van der Waals surface area contributed by atoms with Gasteiger partial charge in [0.1, 0.15) is 0 Å². The van der Waals surface area contributed by atoms with Crippen molar-refractivity contribution in [2.75, 3.05) is 0 Å². The van der Waals surface area contributed by atoms with Gasteiger partial charge in [-0.15, -0.1) is 0 Å². The molecule has 0 bridgehead atoms. The van der Waals surface area contributed by atoms with Gasteiger partial charge in [0.15, 0.2) is 0 Å². The number of hydrogen-bond acceptors (Lipinski definition) is 3. The molecule has 1 aromatic heterocycles. The Balaban J connectivity index is 2.32. The summed E-state index contributed by atoms with van der Waals surface area (Å²) in [5.74, 6) is 0. The molecule has 11 heavy (non-hydrogen) atoms. The highest BCUT2D eigenvalue weighted by Gasteiger charge is 1.99. The monoisotopic (exact) mass is 171 g/mol. The lowest BCUT2D eigenvalue weighted by molar-refractivity contribution is 0.507. The molecule has 1 radical (unpaired) electrons. The largest absolute Gasteiger partial charge is 0.240 e. The van der Waals surface area contributed by atoms with E-state index in [0.717, 1.165) is 13.0 Å². The quantitative estimate of drug-likeness (QED) is 0.643. The Hall–Kier alpha value is -0.710. The van der Waals surface area contributed by atoms with Crippen LogP contribution in [0.4, 0.5) is 0 Å². The predicted octanol–water partition coefficient (Wildman–Crippen LogP) is 1.42. The number of aryl methyl sites for hydroxylation is 1. The van der Waals surface area contributed by atoms with Gasteiger partial charge in [0.25, 0.3) is 0 Å². The molecular weight excluding hydrogens is 160 g/mol. The normalized spacial score (nSPS) is 10.3. The second-order valence-corrected chi connectivity index (χ2v) is 2.76. The third-order valence-corrected chi connectivity index (χ3v) is 1.76. The SMILES string of the molecule is CCCCCn1nnnc1[S]. The van der Waals surface area contributed by atoms with Crippen LogP contribution < -0.4 is 0 Å². The first-order valence-electron chi connectivity index (χ1n) is 3.77. The van der Waals surface area contributed by atoms with Crippen LogP contribution in [0, 0.1) is 0 Å². The third-order valence-electron chi connectivity index (χ3n) is 1.47. The molecule has 1 heterocycles. The zero-order valence-corrected chi connectivity index (χ0v) is 7.34. The van der Waals surface area contributed by atoms with Crippen molar-refractivity contribution in [2.24, 2.45) is 0 Å². The summed E-state index contributed by atoms with van der Waals surface area (Å²) in [7, 11) is 0. The Morgan fingerprint density at radius 3 is 2.82 bits per heavy atom. The van der Waals surface area contributed by atoms with Crippen molar-refractivity contribution < 1.29 is 0 Å². The molecule has 0 aliphatic heterocycles. The van der Waals surface area contributed by atoms with Gasteiger partial charge in [0, 0.05) is 6.54 Å². The van der Waals surface area contributed by atoms with Crippen LogP contribution in [0.25, 0.3) is 0 Å². The number of unbranched alkanes of at least 4 members (excludes halogenated alkanes) is 2. The van der Waals surface area contributed by atoms with Gasteiger partial charge in [-0.2, -0.15) is 0 Å². The maximum atomic E-state index is 4.86.